The molecule has 0 radical (unpaired) electrons. The van der Waals surface area contributed by atoms with E-state index in [0.717, 1.165) is 55.8 Å². The largest absolute Gasteiger partial charge is 0.492 e. The van der Waals surface area contributed by atoms with E-state index in [1.165, 1.54) is 0 Å². The molecule has 7 nitrogen and oxygen atoms in total. The second-order valence-electron chi connectivity index (χ2n) is 7.30. The Morgan fingerprint density at radius 2 is 1.87 bits per heavy atom. The number of nitrogens with zero attached hydrogens (tertiary/aromatic N) is 5. The topological polar surface area (TPSA) is 56.2 Å². The summed E-state index contributed by atoms with van der Waals surface area (Å²) < 4.78 is 5.77. The molecule has 1 N–H and O–H groups in total. The van der Waals surface area contributed by atoms with Crippen molar-refractivity contribution in [2.45, 2.75) is 6.54 Å². The number of hydrogen-bond donors (Lipinski definition) is 1. The van der Waals surface area contributed by atoms with Crippen molar-refractivity contribution < 1.29 is 4.74 Å². The number of ether oxygens (including phenoxy) is 1. The number of aliphatic imine (C=N–C) groups is 1. The Labute approximate surface area is 197 Å². The summed E-state index contributed by atoms with van der Waals surface area (Å²) in [6, 6.07) is 14.1. The molecule has 1 aromatic carbocycles. The molecule has 0 spiro atoms. The molecule has 1 saturated heterocycles. The molecule has 0 aliphatic carbocycles. The zero-order valence-electron chi connectivity index (χ0n) is 18.1. The fourth-order valence-electron chi connectivity index (χ4n) is 3.23. The van der Waals surface area contributed by atoms with Crippen molar-refractivity contribution in [2.24, 2.45) is 4.99 Å². The number of anilines is 1. The normalized spacial score (nSPS) is 14.8. The molecule has 0 amide bonds. The molecule has 2 heterocycles. The number of benzene rings is 1. The predicted octanol–water partition coefficient (Wildman–Crippen LogP) is 2.54. The Morgan fingerprint density at radius 1 is 1.13 bits per heavy atom. The molecule has 0 saturated carbocycles. The number of aromatic nitrogens is 1. The van der Waals surface area contributed by atoms with E-state index in [9.17, 15) is 0 Å². The summed E-state index contributed by atoms with van der Waals surface area (Å²) in [4.78, 5) is 15.8. The number of piperazine rings is 1. The minimum Gasteiger partial charge on any atom is -0.492 e. The van der Waals surface area contributed by atoms with Crippen LogP contribution in [0.4, 0.5) is 5.82 Å². The van der Waals surface area contributed by atoms with Crippen LogP contribution < -0.4 is 15.0 Å². The van der Waals surface area contributed by atoms with Crippen LogP contribution in [0.3, 0.4) is 0 Å². The van der Waals surface area contributed by atoms with Gasteiger partial charge in [-0.25, -0.2) is 4.98 Å². The fraction of sp³-hybridized carbons (Fsp3) is 0.455. The lowest BCUT2D eigenvalue weighted by Crippen LogP contribution is -2.44. The number of guanidine groups is 1. The predicted molar refractivity (Wildman–Crippen MR) is 134 cm³/mol. The molecule has 0 unspecified atom stereocenters. The fourth-order valence-corrected chi connectivity index (χ4v) is 3.23. The van der Waals surface area contributed by atoms with Gasteiger partial charge >= 0.3 is 0 Å². The highest BCUT2D eigenvalue weighted by atomic mass is 127. The van der Waals surface area contributed by atoms with Crippen molar-refractivity contribution in [3.8, 4) is 5.75 Å². The van der Waals surface area contributed by atoms with E-state index in [2.05, 4.69) is 49.2 Å². The lowest BCUT2D eigenvalue weighted by atomic mass is 10.2. The summed E-state index contributed by atoms with van der Waals surface area (Å²) in [5.74, 6) is 2.78. The minimum atomic E-state index is 0. The van der Waals surface area contributed by atoms with Gasteiger partial charge in [-0.2, -0.15) is 0 Å². The standard InChI is InChI=1S/C22H32N6O.HI/c1-23-22(27(3)15-16-29-20-7-5-4-6-8-20)25-18-19-9-10-21(24-17-19)28-13-11-26(2)12-14-28;/h4-10,17H,11-16,18H2,1-3H3,(H,23,25);1H. The van der Waals surface area contributed by atoms with E-state index in [0.29, 0.717) is 13.2 Å². The van der Waals surface area contributed by atoms with Crippen LogP contribution in [0, 0.1) is 0 Å². The van der Waals surface area contributed by atoms with Crippen molar-refractivity contribution in [3.05, 3.63) is 54.2 Å². The van der Waals surface area contributed by atoms with E-state index in [4.69, 9.17) is 4.74 Å². The van der Waals surface area contributed by atoms with E-state index < -0.39 is 0 Å². The maximum absolute atomic E-state index is 5.77. The van der Waals surface area contributed by atoms with Gasteiger partial charge in [0.1, 0.15) is 18.2 Å². The van der Waals surface area contributed by atoms with Crippen LogP contribution in [-0.2, 0) is 6.54 Å². The first-order valence-electron chi connectivity index (χ1n) is 10.1. The van der Waals surface area contributed by atoms with Gasteiger partial charge in [-0.3, -0.25) is 4.99 Å². The quantitative estimate of drug-likeness (QED) is 0.342. The third-order valence-corrected chi connectivity index (χ3v) is 5.10. The molecule has 30 heavy (non-hydrogen) atoms. The molecular formula is C22H33IN6O. The second-order valence-corrected chi connectivity index (χ2v) is 7.30. The number of hydrogen-bond acceptors (Lipinski definition) is 5. The first-order chi connectivity index (χ1) is 14.2. The van der Waals surface area contributed by atoms with Crippen molar-refractivity contribution in [2.75, 3.05) is 65.4 Å². The van der Waals surface area contributed by atoms with Gasteiger partial charge in [0, 0.05) is 53.0 Å². The molecule has 0 atom stereocenters. The first-order valence-corrected chi connectivity index (χ1v) is 10.1. The molecular weight excluding hydrogens is 491 g/mol. The van der Waals surface area contributed by atoms with Crippen LogP contribution in [0.5, 0.6) is 5.75 Å². The molecule has 8 heteroatoms. The Hall–Kier alpha value is -2.07. The summed E-state index contributed by atoms with van der Waals surface area (Å²) in [5, 5.41) is 3.40. The molecule has 1 aliphatic rings. The van der Waals surface area contributed by atoms with Gasteiger partial charge in [0.15, 0.2) is 5.96 Å². The number of nitrogens with one attached hydrogen (secondary N) is 1. The number of para-hydroxylation sites is 1. The van der Waals surface area contributed by atoms with Gasteiger partial charge in [-0.15, -0.1) is 24.0 Å². The number of likely N-dealkylation sites (N-methyl/N-ethyl adjacent to an activating group) is 2. The smallest absolute Gasteiger partial charge is 0.193 e. The number of halogens is 1. The zero-order valence-corrected chi connectivity index (χ0v) is 20.5. The SMILES string of the molecule is CN=C(NCc1ccc(N2CCN(C)CC2)nc1)N(C)CCOc1ccccc1.I. The molecule has 2 aromatic rings. The van der Waals surface area contributed by atoms with Gasteiger partial charge in [0.25, 0.3) is 0 Å². The van der Waals surface area contributed by atoms with Gasteiger partial charge < -0.3 is 24.8 Å². The Morgan fingerprint density at radius 3 is 2.50 bits per heavy atom. The molecule has 164 valence electrons. The average molecular weight is 524 g/mol. The van der Waals surface area contributed by atoms with E-state index in [1.807, 2.05) is 43.6 Å². The van der Waals surface area contributed by atoms with Gasteiger partial charge in [0.2, 0.25) is 0 Å². The molecule has 1 aliphatic heterocycles. The highest BCUT2D eigenvalue weighted by Crippen LogP contribution is 2.13. The maximum Gasteiger partial charge on any atom is 0.193 e. The van der Waals surface area contributed by atoms with Crippen LogP contribution in [0.2, 0.25) is 0 Å². The highest BCUT2D eigenvalue weighted by molar-refractivity contribution is 14.0. The van der Waals surface area contributed by atoms with Crippen molar-refractivity contribution >= 4 is 35.8 Å². The monoisotopic (exact) mass is 524 g/mol. The van der Waals surface area contributed by atoms with Crippen LogP contribution in [0.1, 0.15) is 5.56 Å². The summed E-state index contributed by atoms with van der Waals surface area (Å²) in [5.41, 5.74) is 1.14. The Balaban J connectivity index is 0.00000320. The molecule has 1 fully saturated rings. The van der Waals surface area contributed by atoms with E-state index in [-0.39, 0.29) is 24.0 Å². The highest BCUT2D eigenvalue weighted by Gasteiger charge is 2.15. The van der Waals surface area contributed by atoms with E-state index in [1.54, 1.807) is 7.05 Å². The third kappa shape index (κ3) is 7.32. The lowest BCUT2D eigenvalue weighted by molar-refractivity contribution is 0.281. The van der Waals surface area contributed by atoms with Gasteiger partial charge in [-0.1, -0.05) is 24.3 Å². The number of rotatable bonds is 7. The van der Waals surface area contributed by atoms with Crippen LogP contribution in [-0.4, -0.2) is 81.2 Å². The van der Waals surface area contributed by atoms with Crippen molar-refractivity contribution in [1.82, 2.24) is 20.1 Å². The molecule has 0 bridgehead atoms. The minimum absolute atomic E-state index is 0. The molecule has 1 aromatic heterocycles. The van der Waals surface area contributed by atoms with E-state index >= 15 is 0 Å². The summed E-state index contributed by atoms with van der Waals surface area (Å²) >= 11 is 0. The van der Waals surface area contributed by atoms with Crippen LogP contribution in [0.25, 0.3) is 0 Å². The Bertz CT molecular complexity index is 763. The Kier molecular flexibility index (Phi) is 10.2. The summed E-state index contributed by atoms with van der Waals surface area (Å²) in [6.07, 6.45) is 1.95. The average Bonchev–Trinajstić information content (AvgIpc) is 2.76. The van der Waals surface area contributed by atoms with Crippen molar-refractivity contribution in [1.29, 1.82) is 0 Å². The summed E-state index contributed by atoms with van der Waals surface area (Å²) in [6.45, 7) is 6.26. The maximum atomic E-state index is 5.77. The van der Waals surface area contributed by atoms with Crippen molar-refractivity contribution in [3.63, 3.8) is 0 Å². The zero-order chi connectivity index (χ0) is 20.5. The lowest BCUT2D eigenvalue weighted by Gasteiger charge is -2.33. The van der Waals surface area contributed by atoms with Crippen LogP contribution >= 0.6 is 24.0 Å². The van der Waals surface area contributed by atoms with Crippen LogP contribution in [0.15, 0.2) is 53.7 Å². The van der Waals surface area contributed by atoms with Gasteiger partial charge in [-0.05, 0) is 30.8 Å². The summed E-state index contributed by atoms with van der Waals surface area (Å²) in [7, 11) is 5.97. The third-order valence-electron chi connectivity index (χ3n) is 5.10. The first kappa shape index (κ1) is 24.2. The molecule has 3 rings (SSSR count). The second kappa shape index (κ2) is 12.6. The number of pyridine rings is 1. The van der Waals surface area contributed by atoms with Gasteiger partial charge in [0.05, 0.1) is 6.54 Å².